The predicted molar refractivity (Wildman–Crippen MR) is 78.8 cm³/mol. The number of rotatable bonds is 8. The highest BCUT2D eigenvalue weighted by Gasteiger charge is 2.07. The van der Waals surface area contributed by atoms with Gasteiger partial charge in [-0.05, 0) is 52.6 Å². The molecule has 2 N–H and O–H groups in total. The Balaban J connectivity index is 2.21. The van der Waals surface area contributed by atoms with Gasteiger partial charge < -0.3 is 15.5 Å². The molecule has 0 aliphatic heterocycles. The quantitative estimate of drug-likeness (QED) is 0.757. The van der Waals surface area contributed by atoms with Crippen molar-refractivity contribution in [1.82, 2.24) is 9.80 Å². The minimum Gasteiger partial charge on any atom is -0.326 e. The van der Waals surface area contributed by atoms with Gasteiger partial charge in [0.05, 0.1) is 0 Å². The lowest BCUT2D eigenvalue weighted by Gasteiger charge is -2.22. The largest absolute Gasteiger partial charge is 0.326 e. The van der Waals surface area contributed by atoms with Gasteiger partial charge in [-0.25, -0.2) is 0 Å². The Morgan fingerprint density at radius 2 is 1.72 bits per heavy atom. The van der Waals surface area contributed by atoms with Gasteiger partial charge in [-0.1, -0.05) is 30.3 Å². The van der Waals surface area contributed by atoms with Crippen LogP contribution in [0.2, 0.25) is 0 Å². The predicted octanol–water partition coefficient (Wildman–Crippen LogP) is 1.44. The number of hydrogen-bond donors (Lipinski definition) is 1. The standard InChI is InChI=1S/C15H27N3/c1-17(2)10-7-11-18(3)13-15(16)12-14-8-5-4-6-9-14/h4-6,8-9,15H,7,10-13,16H2,1-3H3. The van der Waals surface area contributed by atoms with Crippen molar-refractivity contribution in [2.75, 3.05) is 40.8 Å². The van der Waals surface area contributed by atoms with Gasteiger partial charge in [0.1, 0.15) is 0 Å². The molecule has 1 unspecified atom stereocenters. The van der Waals surface area contributed by atoms with Gasteiger partial charge in [0, 0.05) is 12.6 Å². The summed E-state index contributed by atoms with van der Waals surface area (Å²) in [5, 5.41) is 0. The number of hydrogen-bond acceptors (Lipinski definition) is 3. The van der Waals surface area contributed by atoms with Crippen LogP contribution in [0.25, 0.3) is 0 Å². The van der Waals surface area contributed by atoms with E-state index in [4.69, 9.17) is 5.73 Å². The van der Waals surface area contributed by atoms with E-state index in [0.29, 0.717) is 0 Å². The van der Waals surface area contributed by atoms with Gasteiger partial charge in [0.15, 0.2) is 0 Å². The van der Waals surface area contributed by atoms with E-state index in [9.17, 15) is 0 Å². The van der Waals surface area contributed by atoms with E-state index in [1.54, 1.807) is 0 Å². The molecule has 1 rings (SSSR count). The molecule has 0 heterocycles. The van der Waals surface area contributed by atoms with Gasteiger partial charge in [-0.3, -0.25) is 0 Å². The summed E-state index contributed by atoms with van der Waals surface area (Å²) in [5.41, 5.74) is 7.51. The molecule has 0 aliphatic rings. The molecule has 102 valence electrons. The van der Waals surface area contributed by atoms with Gasteiger partial charge in [0.2, 0.25) is 0 Å². The van der Waals surface area contributed by atoms with E-state index in [0.717, 1.165) is 26.1 Å². The molecule has 0 amide bonds. The van der Waals surface area contributed by atoms with E-state index in [-0.39, 0.29) is 6.04 Å². The Morgan fingerprint density at radius 1 is 1.06 bits per heavy atom. The first kappa shape index (κ1) is 15.2. The fourth-order valence-corrected chi connectivity index (χ4v) is 2.13. The zero-order chi connectivity index (χ0) is 13.4. The van der Waals surface area contributed by atoms with Crippen LogP contribution in [0.4, 0.5) is 0 Å². The van der Waals surface area contributed by atoms with E-state index in [1.807, 2.05) is 6.07 Å². The molecule has 0 saturated heterocycles. The van der Waals surface area contributed by atoms with E-state index in [2.05, 4.69) is 55.2 Å². The second-order valence-electron chi connectivity index (χ2n) is 5.37. The molecule has 0 saturated carbocycles. The summed E-state index contributed by atoms with van der Waals surface area (Å²) in [6.45, 7) is 3.21. The lowest BCUT2D eigenvalue weighted by molar-refractivity contribution is 0.284. The fourth-order valence-electron chi connectivity index (χ4n) is 2.13. The van der Waals surface area contributed by atoms with Crippen LogP contribution in [-0.4, -0.2) is 56.6 Å². The molecule has 0 aromatic heterocycles. The zero-order valence-corrected chi connectivity index (χ0v) is 12.0. The normalized spacial score (nSPS) is 13.2. The van der Waals surface area contributed by atoms with Crippen molar-refractivity contribution in [2.45, 2.75) is 18.9 Å². The third kappa shape index (κ3) is 6.74. The first-order chi connectivity index (χ1) is 8.58. The van der Waals surface area contributed by atoms with Crippen molar-refractivity contribution in [3.05, 3.63) is 35.9 Å². The molecular formula is C15H27N3. The second-order valence-corrected chi connectivity index (χ2v) is 5.37. The topological polar surface area (TPSA) is 32.5 Å². The van der Waals surface area contributed by atoms with Crippen LogP contribution >= 0.6 is 0 Å². The molecule has 1 aromatic carbocycles. The van der Waals surface area contributed by atoms with E-state index >= 15 is 0 Å². The average molecular weight is 249 g/mol. The maximum absolute atomic E-state index is 6.19. The van der Waals surface area contributed by atoms with Crippen LogP contribution in [0.15, 0.2) is 30.3 Å². The Hall–Kier alpha value is -0.900. The third-order valence-corrected chi connectivity index (χ3v) is 3.03. The third-order valence-electron chi connectivity index (χ3n) is 3.03. The molecule has 1 atom stereocenters. The lowest BCUT2D eigenvalue weighted by Crippen LogP contribution is -2.37. The summed E-state index contributed by atoms with van der Waals surface area (Å²) in [7, 11) is 6.38. The molecule has 0 fully saturated rings. The monoisotopic (exact) mass is 249 g/mol. The molecule has 0 bridgehead atoms. The van der Waals surface area contributed by atoms with Crippen LogP contribution in [0.1, 0.15) is 12.0 Å². The van der Waals surface area contributed by atoms with Crippen molar-refractivity contribution in [1.29, 1.82) is 0 Å². The molecule has 3 nitrogen and oxygen atoms in total. The number of nitrogens with zero attached hydrogens (tertiary/aromatic N) is 2. The SMILES string of the molecule is CN(C)CCCN(C)CC(N)Cc1ccccc1. The summed E-state index contributed by atoms with van der Waals surface area (Å²) >= 11 is 0. The Kier molecular flexibility index (Phi) is 6.94. The van der Waals surface area contributed by atoms with Crippen LogP contribution in [-0.2, 0) is 6.42 Å². The second kappa shape index (κ2) is 8.25. The summed E-state index contributed by atoms with van der Waals surface area (Å²) in [6, 6.07) is 10.7. The van der Waals surface area contributed by atoms with Gasteiger partial charge in [-0.2, -0.15) is 0 Å². The minimum absolute atomic E-state index is 0.219. The first-order valence-corrected chi connectivity index (χ1v) is 6.70. The molecular weight excluding hydrogens is 222 g/mol. The van der Waals surface area contributed by atoms with Gasteiger partial charge in [-0.15, -0.1) is 0 Å². The molecule has 0 aliphatic carbocycles. The van der Waals surface area contributed by atoms with Crippen LogP contribution in [0.5, 0.6) is 0 Å². The van der Waals surface area contributed by atoms with E-state index < -0.39 is 0 Å². The fraction of sp³-hybridized carbons (Fsp3) is 0.600. The van der Waals surface area contributed by atoms with Gasteiger partial charge in [0.25, 0.3) is 0 Å². The molecule has 0 radical (unpaired) electrons. The Labute approximate surface area is 112 Å². The highest BCUT2D eigenvalue weighted by Crippen LogP contribution is 2.03. The summed E-state index contributed by atoms with van der Waals surface area (Å²) < 4.78 is 0. The Morgan fingerprint density at radius 3 is 2.33 bits per heavy atom. The zero-order valence-electron chi connectivity index (χ0n) is 12.0. The molecule has 18 heavy (non-hydrogen) atoms. The van der Waals surface area contributed by atoms with Crippen LogP contribution < -0.4 is 5.73 Å². The highest BCUT2D eigenvalue weighted by molar-refractivity contribution is 5.15. The van der Waals surface area contributed by atoms with Crippen LogP contribution in [0, 0.1) is 0 Å². The maximum Gasteiger partial charge on any atom is 0.0208 e. The summed E-state index contributed by atoms with van der Waals surface area (Å²) in [4.78, 5) is 4.55. The van der Waals surface area contributed by atoms with Crippen molar-refractivity contribution >= 4 is 0 Å². The molecule has 1 aromatic rings. The molecule has 0 spiro atoms. The summed E-state index contributed by atoms with van der Waals surface area (Å²) in [6.07, 6.45) is 2.15. The average Bonchev–Trinajstić information content (AvgIpc) is 2.29. The lowest BCUT2D eigenvalue weighted by atomic mass is 10.1. The highest BCUT2D eigenvalue weighted by atomic mass is 15.1. The number of likely N-dealkylation sites (N-methyl/N-ethyl adjacent to an activating group) is 1. The van der Waals surface area contributed by atoms with Crippen molar-refractivity contribution in [3.63, 3.8) is 0 Å². The van der Waals surface area contributed by atoms with Crippen molar-refractivity contribution in [2.24, 2.45) is 5.73 Å². The van der Waals surface area contributed by atoms with E-state index in [1.165, 1.54) is 12.0 Å². The van der Waals surface area contributed by atoms with Crippen LogP contribution in [0.3, 0.4) is 0 Å². The number of benzene rings is 1. The van der Waals surface area contributed by atoms with Gasteiger partial charge >= 0.3 is 0 Å². The van der Waals surface area contributed by atoms with Crippen molar-refractivity contribution < 1.29 is 0 Å². The maximum atomic E-state index is 6.19. The number of nitrogens with two attached hydrogens (primary N) is 1. The minimum atomic E-state index is 0.219. The summed E-state index contributed by atoms with van der Waals surface area (Å²) in [5.74, 6) is 0. The first-order valence-electron chi connectivity index (χ1n) is 6.70. The molecule has 3 heteroatoms. The smallest absolute Gasteiger partial charge is 0.0208 e. The Bertz CT molecular complexity index is 311. The van der Waals surface area contributed by atoms with Crippen molar-refractivity contribution in [3.8, 4) is 0 Å².